The smallest absolute Gasteiger partial charge is 0.256 e. The summed E-state index contributed by atoms with van der Waals surface area (Å²) < 4.78 is 40.4. The van der Waals surface area contributed by atoms with Gasteiger partial charge in [-0.2, -0.15) is 0 Å². The highest BCUT2D eigenvalue weighted by Crippen LogP contribution is 2.39. The minimum absolute atomic E-state index is 0.000539. The second-order valence-corrected chi connectivity index (χ2v) is 14.3. The van der Waals surface area contributed by atoms with E-state index in [0.29, 0.717) is 36.3 Å². The molecule has 2 aliphatic heterocycles. The lowest BCUT2D eigenvalue weighted by Crippen LogP contribution is -2.48. The predicted octanol–water partition coefficient (Wildman–Crippen LogP) is 4.02. The average molecular weight is 616 g/mol. The number of hydrogen-bond acceptors (Lipinski definition) is 8. The second kappa shape index (κ2) is 13.4. The van der Waals surface area contributed by atoms with Crippen molar-refractivity contribution in [3.05, 3.63) is 42.1 Å². The van der Waals surface area contributed by atoms with E-state index >= 15 is 0 Å². The normalized spacial score (nSPS) is 22.1. The fraction of sp³-hybridized carbons (Fsp3) is 0.645. The molecule has 5 rings (SSSR count). The van der Waals surface area contributed by atoms with Crippen LogP contribution in [0.4, 0.5) is 21.6 Å². The van der Waals surface area contributed by atoms with Gasteiger partial charge in [-0.3, -0.25) is 4.79 Å². The standard InChI is InChI=1S/C31H46FN7O3S/c1-5-38(22(2)3)31(40)27-18-24(32)6-11-28(27)39-17-16-37(30-29(39)19-33-21-34-30)20-23-12-14-36(15-13-23)26-9-7-25(8-10-26)35-43(4,41)42/h6,11,18-19,21-23,25-26,35H,5,7-10,12-17,20H2,1-4H3. The first-order valence-electron chi connectivity index (χ1n) is 15.7. The van der Waals surface area contributed by atoms with Gasteiger partial charge in [-0.25, -0.2) is 27.5 Å². The first-order chi connectivity index (χ1) is 20.5. The number of fused-ring (bicyclic) bond motifs is 1. The number of likely N-dealkylation sites (tertiary alicyclic amines) is 1. The summed E-state index contributed by atoms with van der Waals surface area (Å²) >= 11 is 0. The highest BCUT2D eigenvalue weighted by atomic mass is 32.2. The molecule has 1 saturated heterocycles. The van der Waals surface area contributed by atoms with Crippen LogP contribution in [0.1, 0.15) is 69.7 Å². The molecule has 3 heterocycles. The number of hydrogen-bond donors (Lipinski definition) is 1. The molecule has 2 aromatic rings. The number of piperidine rings is 1. The fourth-order valence-electron chi connectivity index (χ4n) is 7.11. The summed E-state index contributed by atoms with van der Waals surface area (Å²) in [6.45, 7) is 10.8. The molecule has 12 heteroatoms. The Bertz CT molecular complexity index is 1380. The van der Waals surface area contributed by atoms with Crippen LogP contribution in [-0.4, -0.2) is 97.7 Å². The van der Waals surface area contributed by atoms with Gasteiger partial charge >= 0.3 is 0 Å². The first kappa shape index (κ1) is 31.6. The first-order valence-corrected chi connectivity index (χ1v) is 17.6. The van der Waals surface area contributed by atoms with Crippen LogP contribution in [0.3, 0.4) is 0 Å². The number of carbonyl (C=O) groups excluding carboxylic acids is 1. The van der Waals surface area contributed by atoms with Gasteiger partial charge in [-0.05, 0) is 96.5 Å². The zero-order valence-corrected chi connectivity index (χ0v) is 26.7. The van der Waals surface area contributed by atoms with Crippen molar-refractivity contribution in [2.24, 2.45) is 5.92 Å². The maximum absolute atomic E-state index is 14.4. The molecule has 10 nitrogen and oxygen atoms in total. The Morgan fingerprint density at radius 3 is 2.44 bits per heavy atom. The van der Waals surface area contributed by atoms with E-state index < -0.39 is 15.8 Å². The number of benzene rings is 1. The number of aromatic nitrogens is 2. The summed E-state index contributed by atoms with van der Waals surface area (Å²) in [5.41, 5.74) is 1.86. The third kappa shape index (κ3) is 7.46. The molecule has 43 heavy (non-hydrogen) atoms. The highest BCUT2D eigenvalue weighted by molar-refractivity contribution is 7.88. The lowest BCUT2D eigenvalue weighted by atomic mass is 9.88. The Morgan fingerprint density at radius 2 is 1.79 bits per heavy atom. The predicted molar refractivity (Wildman–Crippen MR) is 168 cm³/mol. The Labute approximate surface area is 255 Å². The van der Waals surface area contributed by atoms with Crippen LogP contribution in [0, 0.1) is 11.7 Å². The monoisotopic (exact) mass is 615 g/mol. The number of nitrogens with zero attached hydrogens (tertiary/aromatic N) is 6. The number of anilines is 3. The molecule has 1 aliphatic carbocycles. The zero-order chi connectivity index (χ0) is 30.7. The van der Waals surface area contributed by atoms with Crippen molar-refractivity contribution in [1.29, 1.82) is 0 Å². The molecular formula is C31H46FN7O3S. The van der Waals surface area contributed by atoms with Crippen molar-refractivity contribution in [3.63, 3.8) is 0 Å². The quantitative estimate of drug-likeness (QED) is 0.452. The zero-order valence-electron chi connectivity index (χ0n) is 25.9. The summed E-state index contributed by atoms with van der Waals surface area (Å²) in [6, 6.07) is 5.05. The number of sulfonamides is 1. The number of nitrogens with one attached hydrogen (secondary N) is 1. The van der Waals surface area contributed by atoms with E-state index in [2.05, 4.69) is 29.4 Å². The van der Waals surface area contributed by atoms with Gasteiger partial charge in [0.25, 0.3) is 5.91 Å². The van der Waals surface area contributed by atoms with Gasteiger partial charge in [-0.1, -0.05) is 0 Å². The molecule has 0 radical (unpaired) electrons. The third-order valence-corrected chi connectivity index (χ3v) is 10.0. The molecule has 236 valence electrons. The minimum Gasteiger partial charge on any atom is -0.353 e. The van der Waals surface area contributed by atoms with Crippen LogP contribution < -0.4 is 14.5 Å². The van der Waals surface area contributed by atoms with Crippen molar-refractivity contribution in [2.45, 2.75) is 77.4 Å². The number of amides is 1. The van der Waals surface area contributed by atoms with Gasteiger partial charge in [0, 0.05) is 44.3 Å². The Balaban J connectivity index is 1.24. The minimum atomic E-state index is -3.16. The van der Waals surface area contributed by atoms with Crippen LogP contribution in [0.15, 0.2) is 30.7 Å². The summed E-state index contributed by atoms with van der Waals surface area (Å²) in [6.07, 6.45) is 10.7. The van der Waals surface area contributed by atoms with Gasteiger partial charge in [0.1, 0.15) is 17.8 Å². The van der Waals surface area contributed by atoms with Gasteiger partial charge in [0.15, 0.2) is 5.82 Å². The summed E-state index contributed by atoms with van der Waals surface area (Å²) in [5.74, 6) is 0.778. The highest BCUT2D eigenvalue weighted by Gasteiger charge is 2.33. The van der Waals surface area contributed by atoms with Crippen molar-refractivity contribution in [1.82, 2.24) is 24.5 Å². The molecular weight excluding hydrogens is 569 g/mol. The van der Waals surface area contributed by atoms with Crippen molar-refractivity contribution >= 4 is 33.1 Å². The molecule has 0 spiro atoms. The molecule has 3 aliphatic rings. The third-order valence-electron chi connectivity index (χ3n) is 9.28. The molecule has 1 amide bonds. The van der Waals surface area contributed by atoms with Gasteiger partial charge in [0.2, 0.25) is 10.0 Å². The average Bonchev–Trinajstić information content (AvgIpc) is 2.98. The Kier molecular flexibility index (Phi) is 9.87. The van der Waals surface area contributed by atoms with E-state index in [1.807, 2.05) is 20.8 Å². The lowest BCUT2D eigenvalue weighted by molar-refractivity contribution is 0.0717. The maximum Gasteiger partial charge on any atom is 0.256 e. The lowest BCUT2D eigenvalue weighted by Gasteiger charge is -2.43. The van der Waals surface area contributed by atoms with Crippen LogP contribution in [-0.2, 0) is 10.0 Å². The van der Waals surface area contributed by atoms with E-state index in [9.17, 15) is 17.6 Å². The molecule has 0 bridgehead atoms. The number of rotatable bonds is 9. The largest absolute Gasteiger partial charge is 0.353 e. The molecule has 0 atom stereocenters. The maximum atomic E-state index is 14.4. The fourth-order valence-corrected chi connectivity index (χ4v) is 7.95. The second-order valence-electron chi connectivity index (χ2n) is 12.6. The number of halogens is 1. The van der Waals surface area contributed by atoms with E-state index in [-0.39, 0.29) is 18.0 Å². The molecule has 1 aromatic heterocycles. The van der Waals surface area contributed by atoms with E-state index in [1.54, 1.807) is 23.5 Å². The molecule has 1 aromatic carbocycles. The molecule has 0 unspecified atom stereocenters. The van der Waals surface area contributed by atoms with Gasteiger partial charge in [-0.15, -0.1) is 0 Å². The van der Waals surface area contributed by atoms with Crippen LogP contribution in [0.25, 0.3) is 0 Å². The van der Waals surface area contributed by atoms with Crippen LogP contribution >= 0.6 is 0 Å². The van der Waals surface area contributed by atoms with E-state index in [0.717, 1.165) is 76.2 Å². The molecule has 2 fully saturated rings. The Hall–Kier alpha value is -2.83. The molecule has 1 N–H and O–H groups in total. The SMILES string of the molecule is CCN(C(=O)c1cc(F)ccc1N1CCN(CC2CCN(C3CCC(NS(C)(=O)=O)CC3)CC2)c2ncncc21)C(C)C. The summed E-state index contributed by atoms with van der Waals surface area (Å²) in [5, 5.41) is 0. The van der Waals surface area contributed by atoms with Gasteiger partial charge < -0.3 is 19.6 Å². The summed E-state index contributed by atoms with van der Waals surface area (Å²) in [7, 11) is -3.16. The van der Waals surface area contributed by atoms with Crippen LogP contribution in [0.2, 0.25) is 0 Å². The summed E-state index contributed by atoms with van der Waals surface area (Å²) in [4.78, 5) is 31.3. The van der Waals surface area contributed by atoms with Crippen molar-refractivity contribution in [3.8, 4) is 0 Å². The topological polar surface area (TPSA) is 102 Å². The van der Waals surface area contributed by atoms with Crippen molar-refractivity contribution < 1.29 is 17.6 Å². The van der Waals surface area contributed by atoms with E-state index in [1.165, 1.54) is 18.4 Å². The van der Waals surface area contributed by atoms with Crippen molar-refractivity contribution in [2.75, 3.05) is 55.3 Å². The van der Waals surface area contributed by atoms with Gasteiger partial charge in [0.05, 0.1) is 23.7 Å². The number of carbonyl (C=O) groups is 1. The molecule has 1 saturated carbocycles. The van der Waals surface area contributed by atoms with Crippen LogP contribution in [0.5, 0.6) is 0 Å². The van der Waals surface area contributed by atoms with E-state index in [4.69, 9.17) is 0 Å². The Morgan fingerprint density at radius 1 is 1.07 bits per heavy atom.